The van der Waals surface area contributed by atoms with Gasteiger partial charge in [0.15, 0.2) is 17.5 Å². The van der Waals surface area contributed by atoms with Crippen molar-refractivity contribution in [3.8, 4) is 11.6 Å². The summed E-state index contributed by atoms with van der Waals surface area (Å²) >= 11 is 5.89. The summed E-state index contributed by atoms with van der Waals surface area (Å²) in [5.74, 6) is -1.80. The van der Waals surface area contributed by atoms with Crippen LogP contribution in [0.2, 0.25) is 5.02 Å². The van der Waals surface area contributed by atoms with E-state index < -0.39 is 11.6 Å². The highest BCUT2D eigenvalue weighted by molar-refractivity contribution is 6.32. The van der Waals surface area contributed by atoms with E-state index in [2.05, 4.69) is 10.3 Å². The zero-order valence-electron chi connectivity index (χ0n) is 10.1. The summed E-state index contributed by atoms with van der Waals surface area (Å²) in [6.45, 7) is 2.24. The summed E-state index contributed by atoms with van der Waals surface area (Å²) in [5, 5.41) is 3.00. The van der Waals surface area contributed by atoms with E-state index in [4.69, 9.17) is 16.3 Å². The molecular weight excluding hydrogens is 274 g/mol. The topological polar surface area (TPSA) is 34.2 Å². The molecule has 0 aliphatic rings. The molecule has 0 fully saturated rings. The number of rotatable bonds is 4. The fourth-order valence-corrected chi connectivity index (χ4v) is 1.62. The molecule has 1 aromatic heterocycles. The van der Waals surface area contributed by atoms with Crippen LogP contribution < -0.4 is 10.1 Å². The van der Waals surface area contributed by atoms with Gasteiger partial charge in [0.2, 0.25) is 0 Å². The second kappa shape index (κ2) is 5.84. The van der Waals surface area contributed by atoms with Crippen molar-refractivity contribution in [2.75, 3.05) is 11.9 Å². The SMILES string of the molecule is CCNc1nc(Oc2ccccc2Cl)c(F)cc1F. The Morgan fingerprint density at radius 3 is 2.68 bits per heavy atom. The van der Waals surface area contributed by atoms with Crippen molar-refractivity contribution in [1.82, 2.24) is 4.98 Å². The third-order valence-corrected chi connectivity index (χ3v) is 2.60. The molecule has 1 N–H and O–H groups in total. The number of hydrogen-bond acceptors (Lipinski definition) is 3. The minimum Gasteiger partial charge on any atom is -0.435 e. The molecule has 6 heteroatoms. The maximum Gasteiger partial charge on any atom is 0.258 e. The van der Waals surface area contributed by atoms with E-state index in [1.807, 2.05) is 0 Å². The Hall–Kier alpha value is -1.88. The van der Waals surface area contributed by atoms with Crippen LogP contribution in [0.4, 0.5) is 14.6 Å². The van der Waals surface area contributed by atoms with Crippen LogP contribution in [0.15, 0.2) is 30.3 Å². The first-order valence-electron chi connectivity index (χ1n) is 5.64. The fraction of sp³-hybridized carbons (Fsp3) is 0.154. The Bertz CT molecular complexity index is 593. The van der Waals surface area contributed by atoms with Gasteiger partial charge in [-0.25, -0.2) is 8.78 Å². The van der Waals surface area contributed by atoms with Crippen LogP contribution in [0, 0.1) is 11.6 Å². The van der Waals surface area contributed by atoms with Gasteiger partial charge < -0.3 is 10.1 Å². The molecule has 19 heavy (non-hydrogen) atoms. The molecule has 2 aromatic rings. The van der Waals surface area contributed by atoms with Crippen molar-refractivity contribution >= 4 is 17.4 Å². The summed E-state index contributed by atoms with van der Waals surface area (Å²) in [4.78, 5) is 3.76. The van der Waals surface area contributed by atoms with E-state index in [1.54, 1.807) is 31.2 Å². The summed E-state index contributed by atoms with van der Waals surface area (Å²) < 4.78 is 32.2. The molecule has 0 aliphatic heterocycles. The number of aromatic nitrogens is 1. The zero-order valence-corrected chi connectivity index (χ0v) is 10.8. The van der Waals surface area contributed by atoms with Gasteiger partial charge in [0.25, 0.3) is 5.88 Å². The first-order valence-corrected chi connectivity index (χ1v) is 6.02. The lowest BCUT2D eigenvalue weighted by Crippen LogP contribution is -2.04. The Labute approximate surface area is 114 Å². The Morgan fingerprint density at radius 1 is 1.26 bits per heavy atom. The predicted octanol–water partition coefficient (Wildman–Crippen LogP) is 4.24. The highest BCUT2D eigenvalue weighted by atomic mass is 35.5. The predicted molar refractivity (Wildman–Crippen MR) is 69.8 cm³/mol. The normalized spacial score (nSPS) is 10.3. The smallest absolute Gasteiger partial charge is 0.258 e. The molecule has 0 atom stereocenters. The molecule has 0 bridgehead atoms. The van der Waals surface area contributed by atoms with Crippen LogP contribution in [0.25, 0.3) is 0 Å². The molecule has 1 aromatic carbocycles. The summed E-state index contributed by atoms with van der Waals surface area (Å²) in [7, 11) is 0. The van der Waals surface area contributed by atoms with Crippen molar-refractivity contribution in [3.05, 3.63) is 47.0 Å². The second-order valence-electron chi connectivity index (χ2n) is 3.67. The molecule has 2 rings (SSSR count). The summed E-state index contributed by atoms with van der Waals surface area (Å²) in [5.41, 5.74) is 0. The maximum atomic E-state index is 13.6. The van der Waals surface area contributed by atoms with Gasteiger partial charge in [0, 0.05) is 12.6 Å². The average Bonchev–Trinajstić information content (AvgIpc) is 2.38. The summed E-state index contributed by atoms with van der Waals surface area (Å²) in [6.07, 6.45) is 0. The van der Waals surface area contributed by atoms with Gasteiger partial charge in [-0.2, -0.15) is 4.98 Å². The fourth-order valence-electron chi connectivity index (χ4n) is 1.44. The molecule has 0 radical (unpaired) electrons. The van der Waals surface area contributed by atoms with Crippen LogP contribution in [0.3, 0.4) is 0 Å². The van der Waals surface area contributed by atoms with Crippen LogP contribution >= 0.6 is 11.6 Å². The molecule has 3 nitrogen and oxygen atoms in total. The second-order valence-corrected chi connectivity index (χ2v) is 4.08. The molecule has 1 heterocycles. The quantitative estimate of drug-likeness (QED) is 0.912. The van der Waals surface area contributed by atoms with Gasteiger partial charge in [-0.15, -0.1) is 0 Å². The molecule has 0 saturated carbocycles. The van der Waals surface area contributed by atoms with Crippen LogP contribution in [0.1, 0.15) is 6.92 Å². The number of ether oxygens (including phenoxy) is 1. The zero-order chi connectivity index (χ0) is 13.8. The van der Waals surface area contributed by atoms with Gasteiger partial charge in [-0.3, -0.25) is 0 Å². The van der Waals surface area contributed by atoms with Crippen LogP contribution in [0.5, 0.6) is 11.6 Å². The first kappa shape index (κ1) is 13.5. The van der Waals surface area contributed by atoms with Crippen molar-refractivity contribution in [3.63, 3.8) is 0 Å². The van der Waals surface area contributed by atoms with E-state index in [-0.39, 0.29) is 17.4 Å². The lowest BCUT2D eigenvalue weighted by molar-refractivity contribution is 0.418. The van der Waals surface area contributed by atoms with Gasteiger partial charge >= 0.3 is 0 Å². The summed E-state index contributed by atoms with van der Waals surface area (Å²) in [6, 6.07) is 7.29. The van der Waals surface area contributed by atoms with Crippen molar-refractivity contribution in [2.24, 2.45) is 0 Å². The monoisotopic (exact) mass is 284 g/mol. The number of nitrogens with zero attached hydrogens (tertiary/aromatic N) is 1. The minimum atomic E-state index is -0.890. The number of benzene rings is 1. The molecule has 100 valence electrons. The standard InChI is InChI=1S/C13H11ClF2N2O/c1-2-17-12-9(15)7-10(16)13(18-12)19-11-6-4-3-5-8(11)14/h3-7H,2H2,1H3,(H,17,18). The Morgan fingerprint density at radius 2 is 2.00 bits per heavy atom. The number of halogens is 3. The number of nitrogens with one attached hydrogen (secondary N) is 1. The molecule has 0 spiro atoms. The van der Waals surface area contributed by atoms with Crippen LogP contribution in [-0.4, -0.2) is 11.5 Å². The van der Waals surface area contributed by atoms with Gasteiger partial charge in [0.1, 0.15) is 5.75 Å². The first-order chi connectivity index (χ1) is 9.11. The van der Waals surface area contributed by atoms with Crippen LogP contribution in [-0.2, 0) is 0 Å². The Balaban J connectivity index is 2.34. The van der Waals surface area contributed by atoms with E-state index >= 15 is 0 Å². The average molecular weight is 285 g/mol. The lowest BCUT2D eigenvalue weighted by Gasteiger charge is -2.10. The third-order valence-electron chi connectivity index (χ3n) is 2.28. The molecule has 0 amide bonds. The van der Waals surface area contributed by atoms with Crippen molar-refractivity contribution in [2.45, 2.75) is 6.92 Å². The van der Waals surface area contributed by atoms with E-state index in [0.717, 1.165) is 6.07 Å². The van der Waals surface area contributed by atoms with Crippen molar-refractivity contribution < 1.29 is 13.5 Å². The van der Waals surface area contributed by atoms with E-state index in [9.17, 15) is 8.78 Å². The van der Waals surface area contributed by atoms with E-state index in [0.29, 0.717) is 11.6 Å². The number of para-hydroxylation sites is 1. The molecule has 0 unspecified atom stereocenters. The molecular formula is C13H11ClF2N2O. The number of pyridine rings is 1. The highest BCUT2D eigenvalue weighted by Crippen LogP contribution is 2.30. The van der Waals surface area contributed by atoms with Gasteiger partial charge in [0.05, 0.1) is 5.02 Å². The molecule has 0 aliphatic carbocycles. The maximum absolute atomic E-state index is 13.6. The highest BCUT2D eigenvalue weighted by Gasteiger charge is 2.14. The largest absolute Gasteiger partial charge is 0.435 e. The lowest BCUT2D eigenvalue weighted by atomic mass is 10.3. The minimum absolute atomic E-state index is 0.0639. The van der Waals surface area contributed by atoms with E-state index in [1.165, 1.54) is 0 Å². The molecule has 0 saturated heterocycles. The number of anilines is 1. The third kappa shape index (κ3) is 3.12. The number of hydrogen-bond donors (Lipinski definition) is 1. The Kier molecular flexibility index (Phi) is 4.16. The van der Waals surface area contributed by atoms with Crippen molar-refractivity contribution in [1.29, 1.82) is 0 Å². The van der Waals surface area contributed by atoms with Gasteiger partial charge in [-0.05, 0) is 19.1 Å². The van der Waals surface area contributed by atoms with Gasteiger partial charge in [-0.1, -0.05) is 23.7 Å².